The fourth-order valence-corrected chi connectivity index (χ4v) is 2.45. The van der Waals surface area contributed by atoms with Crippen molar-refractivity contribution < 1.29 is 9.53 Å². The molecule has 0 radical (unpaired) electrons. The summed E-state index contributed by atoms with van der Waals surface area (Å²) in [4.78, 5) is 11.9. The van der Waals surface area contributed by atoms with Crippen LogP contribution in [0.1, 0.15) is 5.01 Å². The monoisotopic (exact) mass is 326 g/mol. The zero-order chi connectivity index (χ0) is 15.9. The number of rotatable bonds is 5. The minimum atomic E-state index is -0.358. The molecule has 7 heteroatoms. The SMILES string of the molecule is O=C(Nc1ccccc1)Nc1nnc(COc2ccccc2)s1. The van der Waals surface area contributed by atoms with Crippen molar-refractivity contribution in [2.75, 3.05) is 10.6 Å². The zero-order valence-corrected chi connectivity index (χ0v) is 12.9. The lowest BCUT2D eigenvalue weighted by molar-refractivity contribution is 0.262. The van der Waals surface area contributed by atoms with Crippen LogP contribution in [0.3, 0.4) is 0 Å². The molecule has 0 bridgehead atoms. The third-order valence-electron chi connectivity index (χ3n) is 2.82. The van der Waals surface area contributed by atoms with E-state index in [2.05, 4.69) is 20.8 Å². The van der Waals surface area contributed by atoms with E-state index in [0.29, 0.717) is 22.4 Å². The van der Waals surface area contributed by atoms with Crippen LogP contribution >= 0.6 is 11.3 Å². The summed E-state index contributed by atoms with van der Waals surface area (Å²) >= 11 is 1.27. The van der Waals surface area contributed by atoms with Crippen molar-refractivity contribution in [1.29, 1.82) is 0 Å². The van der Waals surface area contributed by atoms with E-state index in [0.717, 1.165) is 5.75 Å². The predicted octanol–water partition coefficient (Wildman–Crippen LogP) is 3.76. The Morgan fingerprint density at radius 2 is 1.65 bits per heavy atom. The van der Waals surface area contributed by atoms with Crippen LogP contribution < -0.4 is 15.4 Å². The van der Waals surface area contributed by atoms with Gasteiger partial charge >= 0.3 is 6.03 Å². The van der Waals surface area contributed by atoms with Crippen LogP contribution in [0.2, 0.25) is 0 Å². The van der Waals surface area contributed by atoms with Gasteiger partial charge in [-0.05, 0) is 24.3 Å². The summed E-state index contributed by atoms with van der Waals surface area (Å²) in [6.45, 7) is 0.309. The Morgan fingerprint density at radius 3 is 2.39 bits per heavy atom. The first-order valence-electron chi connectivity index (χ1n) is 6.93. The predicted molar refractivity (Wildman–Crippen MR) is 89.8 cm³/mol. The molecule has 0 spiro atoms. The number of hydrogen-bond acceptors (Lipinski definition) is 5. The molecule has 0 aliphatic rings. The van der Waals surface area contributed by atoms with Gasteiger partial charge in [0.2, 0.25) is 5.13 Å². The van der Waals surface area contributed by atoms with E-state index in [-0.39, 0.29) is 6.03 Å². The van der Waals surface area contributed by atoms with Crippen molar-refractivity contribution in [2.45, 2.75) is 6.61 Å². The second kappa shape index (κ2) is 7.37. The molecule has 0 unspecified atom stereocenters. The third kappa shape index (κ3) is 4.52. The van der Waals surface area contributed by atoms with Gasteiger partial charge in [0.05, 0.1) is 0 Å². The average Bonchev–Trinajstić information content (AvgIpc) is 3.02. The molecule has 2 amide bonds. The molecule has 0 saturated carbocycles. The van der Waals surface area contributed by atoms with Crippen LogP contribution in [0.4, 0.5) is 15.6 Å². The molecule has 1 aromatic heterocycles. The van der Waals surface area contributed by atoms with Crippen LogP contribution in [-0.2, 0) is 6.61 Å². The lowest BCUT2D eigenvalue weighted by atomic mass is 10.3. The average molecular weight is 326 g/mol. The number of ether oxygens (including phenoxy) is 1. The molecule has 0 aliphatic carbocycles. The minimum absolute atomic E-state index is 0.309. The first-order valence-corrected chi connectivity index (χ1v) is 7.74. The number of amides is 2. The van der Waals surface area contributed by atoms with Gasteiger partial charge in [0, 0.05) is 5.69 Å². The summed E-state index contributed by atoms with van der Waals surface area (Å²) in [6.07, 6.45) is 0. The molecule has 3 rings (SSSR count). The van der Waals surface area contributed by atoms with E-state index in [1.807, 2.05) is 48.5 Å². The number of nitrogens with zero attached hydrogens (tertiary/aromatic N) is 2. The van der Waals surface area contributed by atoms with E-state index in [4.69, 9.17) is 4.74 Å². The first-order chi connectivity index (χ1) is 11.3. The van der Waals surface area contributed by atoms with Crippen LogP contribution in [-0.4, -0.2) is 16.2 Å². The second-order valence-corrected chi connectivity index (χ2v) is 5.61. The highest BCUT2D eigenvalue weighted by Gasteiger charge is 2.08. The molecular weight excluding hydrogens is 312 g/mol. The van der Waals surface area contributed by atoms with Crippen molar-refractivity contribution in [1.82, 2.24) is 10.2 Å². The number of carbonyl (C=O) groups excluding carboxylic acids is 1. The first kappa shape index (κ1) is 15.0. The van der Waals surface area contributed by atoms with Gasteiger partial charge in [-0.3, -0.25) is 5.32 Å². The van der Waals surface area contributed by atoms with E-state index in [1.165, 1.54) is 11.3 Å². The Hall–Kier alpha value is -2.93. The zero-order valence-electron chi connectivity index (χ0n) is 12.1. The van der Waals surface area contributed by atoms with Crippen molar-refractivity contribution in [2.24, 2.45) is 0 Å². The number of urea groups is 1. The number of aromatic nitrogens is 2. The number of hydrogen-bond donors (Lipinski definition) is 2. The van der Waals surface area contributed by atoms with E-state index >= 15 is 0 Å². The largest absolute Gasteiger partial charge is 0.486 e. The molecule has 0 aliphatic heterocycles. The lowest BCUT2D eigenvalue weighted by Crippen LogP contribution is -2.19. The smallest absolute Gasteiger partial charge is 0.325 e. The molecule has 6 nitrogen and oxygen atoms in total. The van der Waals surface area contributed by atoms with Crippen molar-refractivity contribution in [3.8, 4) is 5.75 Å². The van der Waals surface area contributed by atoms with Crippen LogP contribution in [0.5, 0.6) is 5.75 Å². The molecule has 23 heavy (non-hydrogen) atoms. The maximum absolute atomic E-state index is 11.9. The van der Waals surface area contributed by atoms with Gasteiger partial charge in [-0.25, -0.2) is 4.79 Å². The molecule has 116 valence electrons. The number of para-hydroxylation sites is 2. The Bertz CT molecular complexity index is 762. The number of nitrogens with one attached hydrogen (secondary N) is 2. The molecule has 0 saturated heterocycles. The highest BCUT2D eigenvalue weighted by Crippen LogP contribution is 2.18. The highest BCUT2D eigenvalue weighted by atomic mass is 32.1. The van der Waals surface area contributed by atoms with E-state index in [9.17, 15) is 4.79 Å². The van der Waals surface area contributed by atoms with Crippen molar-refractivity contribution in [3.05, 3.63) is 65.7 Å². The number of benzene rings is 2. The van der Waals surface area contributed by atoms with Gasteiger partial charge in [-0.15, -0.1) is 10.2 Å². The van der Waals surface area contributed by atoms with Crippen LogP contribution in [0.25, 0.3) is 0 Å². The van der Waals surface area contributed by atoms with Crippen molar-refractivity contribution >= 4 is 28.2 Å². The molecule has 2 N–H and O–H groups in total. The number of anilines is 2. The maximum atomic E-state index is 11.9. The van der Waals surface area contributed by atoms with Gasteiger partial charge in [0.25, 0.3) is 0 Å². The summed E-state index contributed by atoms with van der Waals surface area (Å²) in [7, 11) is 0. The molecule has 0 fully saturated rings. The summed E-state index contributed by atoms with van der Waals surface area (Å²) in [5.74, 6) is 0.763. The standard InChI is InChI=1S/C16H14N4O2S/c21-15(17-12-7-3-1-4-8-12)18-16-20-19-14(23-16)11-22-13-9-5-2-6-10-13/h1-10H,11H2,(H2,17,18,20,21). The van der Waals surface area contributed by atoms with Gasteiger partial charge in [0.15, 0.2) is 5.01 Å². The maximum Gasteiger partial charge on any atom is 0.325 e. The van der Waals surface area contributed by atoms with Gasteiger partial charge < -0.3 is 10.1 Å². The Labute approximate surface area is 137 Å². The highest BCUT2D eigenvalue weighted by molar-refractivity contribution is 7.15. The fourth-order valence-electron chi connectivity index (χ4n) is 1.81. The lowest BCUT2D eigenvalue weighted by Gasteiger charge is -2.04. The minimum Gasteiger partial charge on any atom is -0.486 e. The van der Waals surface area contributed by atoms with E-state index < -0.39 is 0 Å². The molecular formula is C16H14N4O2S. The summed E-state index contributed by atoms with van der Waals surface area (Å²) in [5, 5.41) is 14.4. The Balaban J connectivity index is 1.52. The van der Waals surface area contributed by atoms with Gasteiger partial charge in [-0.2, -0.15) is 0 Å². The number of carbonyl (C=O) groups is 1. The quantitative estimate of drug-likeness (QED) is 0.748. The van der Waals surface area contributed by atoms with Crippen molar-refractivity contribution in [3.63, 3.8) is 0 Å². The molecule has 3 aromatic rings. The summed E-state index contributed by atoms with van der Waals surface area (Å²) in [5.41, 5.74) is 0.710. The molecule has 0 atom stereocenters. The van der Waals surface area contributed by atoms with Gasteiger partial charge in [-0.1, -0.05) is 47.7 Å². The summed E-state index contributed by atoms with van der Waals surface area (Å²) < 4.78 is 5.59. The third-order valence-corrected chi connectivity index (χ3v) is 3.64. The van der Waals surface area contributed by atoms with Gasteiger partial charge in [0.1, 0.15) is 12.4 Å². The summed E-state index contributed by atoms with van der Waals surface area (Å²) in [6, 6.07) is 18.3. The normalized spacial score (nSPS) is 10.1. The Morgan fingerprint density at radius 1 is 0.957 bits per heavy atom. The van der Waals surface area contributed by atoms with Crippen LogP contribution in [0, 0.1) is 0 Å². The topological polar surface area (TPSA) is 76.1 Å². The molecule has 2 aromatic carbocycles. The second-order valence-electron chi connectivity index (χ2n) is 4.55. The fraction of sp³-hybridized carbons (Fsp3) is 0.0625. The Kier molecular flexibility index (Phi) is 4.80. The van der Waals surface area contributed by atoms with E-state index in [1.54, 1.807) is 12.1 Å². The van der Waals surface area contributed by atoms with Crippen LogP contribution in [0.15, 0.2) is 60.7 Å². The molecule has 1 heterocycles.